The van der Waals surface area contributed by atoms with Gasteiger partial charge >= 0.3 is 5.97 Å². The van der Waals surface area contributed by atoms with Crippen molar-refractivity contribution >= 4 is 23.7 Å². The van der Waals surface area contributed by atoms with Crippen LogP contribution in [0.1, 0.15) is 24.2 Å². The molecule has 0 spiro atoms. The molecule has 1 aromatic carbocycles. The van der Waals surface area contributed by atoms with E-state index in [9.17, 15) is 19.2 Å². The summed E-state index contributed by atoms with van der Waals surface area (Å²) in [4.78, 5) is 45.6. The lowest BCUT2D eigenvalue weighted by molar-refractivity contribution is -0.148. The van der Waals surface area contributed by atoms with Crippen LogP contribution in [0.2, 0.25) is 0 Å². The fraction of sp³-hybridized carbons (Fsp3) is 0.333. The predicted molar refractivity (Wildman–Crippen MR) is 77.7 cm³/mol. The van der Waals surface area contributed by atoms with Crippen LogP contribution in [0.15, 0.2) is 30.3 Å². The van der Waals surface area contributed by atoms with E-state index < -0.39 is 30.3 Å². The zero-order chi connectivity index (χ0) is 16.5. The van der Waals surface area contributed by atoms with Gasteiger partial charge in [-0.2, -0.15) is 0 Å². The van der Waals surface area contributed by atoms with Crippen LogP contribution in [0.5, 0.6) is 0 Å². The van der Waals surface area contributed by atoms with Crippen LogP contribution >= 0.6 is 0 Å². The Kier molecular flexibility index (Phi) is 6.75. The summed E-state index contributed by atoms with van der Waals surface area (Å²) >= 11 is 0. The Morgan fingerprint density at radius 3 is 2.32 bits per heavy atom. The molecular formula is C15H18N2O5. The van der Waals surface area contributed by atoms with Gasteiger partial charge < -0.3 is 10.1 Å². The molecule has 1 aromatic rings. The van der Waals surface area contributed by atoms with Crippen LogP contribution in [-0.2, 0) is 19.1 Å². The first-order valence-corrected chi connectivity index (χ1v) is 6.72. The number of ether oxygens (including phenoxy) is 1. The molecule has 0 unspecified atom stereocenters. The molecule has 22 heavy (non-hydrogen) atoms. The van der Waals surface area contributed by atoms with Gasteiger partial charge in [0.1, 0.15) is 6.54 Å². The van der Waals surface area contributed by atoms with E-state index in [1.165, 1.54) is 0 Å². The Hall–Kier alpha value is -2.70. The standard InChI is InChI=1S/C15H18N2O5/c1-10(2)14(20)17-12(18)9-22-13(19)8-16-15(21)11-6-4-3-5-7-11/h3-7,10H,8-9H2,1-2H3,(H,16,21)(H,17,18,20). The van der Waals surface area contributed by atoms with Gasteiger partial charge in [-0.1, -0.05) is 32.0 Å². The number of benzene rings is 1. The lowest BCUT2D eigenvalue weighted by Gasteiger charge is -2.08. The van der Waals surface area contributed by atoms with Crippen molar-refractivity contribution in [1.29, 1.82) is 0 Å². The largest absolute Gasteiger partial charge is 0.454 e. The van der Waals surface area contributed by atoms with Crippen LogP contribution in [0.25, 0.3) is 0 Å². The summed E-state index contributed by atoms with van der Waals surface area (Å²) in [5.41, 5.74) is 0.413. The number of carbonyl (C=O) groups is 4. The average Bonchev–Trinajstić information content (AvgIpc) is 2.51. The molecule has 1 rings (SSSR count). The maximum Gasteiger partial charge on any atom is 0.325 e. The van der Waals surface area contributed by atoms with Crippen molar-refractivity contribution in [1.82, 2.24) is 10.6 Å². The first kappa shape index (κ1) is 17.4. The molecule has 2 N–H and O–H groups in total. The third-order valence-electron chi connectivity index (χ3n) is 2.58. The quantitative estimate of drug-likeness (QED) is 0.734. The number of rotatable bonds is 6. The van der Waals surface area contributed by atoms with E-state index in [4.69, 9.17) is 0 Å². The van der Waals surface area contributed by atoms with Crippen molar-refractivity contribution in [3.05, 3.63) is 35.9 Å². The van der Waals surface area contributed by atoms with Crippen molar-refractivity contribution in [3.8, 4) is 0 Å². The van der Waals surface area contributed by atoms with Crippen molar-refractivity contribution in [2.24, 2.45) is 5.92 Å². The Morgan fingerprint density at radius 2 is 1.73 bits per heavy atom. The van der Waals surface area contributed by atoms with Crippen LogP contribution in [0.4, 0.5) is 0 Å². The zero-order valence-corrected chi connectivity index (χ0v) is 12.4. The number of esters is 1. The molecule has 0 radical (unpaired) electrons. The molecule has 0 saturated carbocycles. The van der Waals surface area contributed by atoms with Crippen LogP contribution in [0, 0.1) is 5.92 Å². The average molecular weight is 306 g/mol. The van der Waals surface area contributed by atoms with E-state index in [0.29, 0.717) is 5.56 Å². The lowest BCUT2D eigenvalue weighted by atomic mass is 10.2. The van der Waals surface area contributed by atoms with E-state index in [1.54, 1.807) is 44.2 Å². The van der Waals surface area contributed by atoms with Gasteiger partial charge in [-0.15, -0.1) is 0 Å². The predicted octanol–water partition coefficient (Wildman–Crippen LogP) is 0.258. The van der Waals surface area contributed by atoms with Crippen molar-refractivity contribution in [3.63, 3.8) is 0 Å². The summed E-state index contributed by atoms with van der Waals surface area (Å²) in [5, 5.41) is 4.45. The van der Waals surface area contributed by atoms with Crippen LogP contribution < -0.4 is 10.6 Å². The fourth-order valence-corrected chi connectivity index (χ4v) is 1.36. The Bertz CT molecular complexity index is 554. The first-order chi connectivity index (χ1) is 10.4. The number of nitrogens with one attached hydrogen (secondary N) is 2. The molecule has 0 aliphatic heterocycles. The van der Waals surface area contributed by atoms with E-state index in [-0.39, 0.29) is 12.5 Å². The zero-order valence-electron chi connectivity index (χ0n) is 12.4. The Labute approximate surface area is 128 Å². The van der Waals surface area contributed by atoms with Gasteiger partial charge in [-0.25, -0.2) is 0 Å². The van der Waals surface area contributed by atoms with Gasteiger partial charge in [0.05, 0.1) is 0 Å². The van der Waals surface area contributed by atoms with E-state index >= 15 is 0 Å². The van der Waals surface area contributed by atoms with Crippen LogP contribution in [0.3, 0.4) is 0 Å². The number of imide groups is 1. The highest BCUT2D eigenvalue weighted by Crippen LogP contribution is 1.97. The molecule has 118 valence electrons. The summed E-state index contributed by atoms with van der Waals surface area (Å²) < 4.78 is 4.65. The monoisotopic (exact) mass is 306 g/mol. The van der Waals surface area contributed by atoms with Crippen molar-refractivity contribution in [2.45, 2.75) is 13.8 Å². The van der Waals surface area contributed by atoms with Gasteiger partial charge in [-0.05, 0) is 12.1 Å². The molecule has 7 heteroatoms. The van der Waals surface area contributed by atoms with Crippen molar-refractivity contribution < 1.29 is 23.9 Å². The second kappa shape index (κ2) is 8.56. The highest BCUT2D eigenvalue weighted by molar-refractivity contribution is 5.98. The minimum Gasteiger partial charge on any atom is -0.454 e. The Balaban J connectivity index is 2.28. The molecule has 0 heterocycles. The molecule has 0 bridgehead atoms. The molecule has 0 aromatic heterocycles. The maximum absolute atomic E-state index is 11.7. The van der Waals surface area contributed by atoms with Gasteiger partial charge in [0.25, 0.3) is 11.8 Å². The van der Waals surface area contributed by atoms with E-state index in [2.05, 4.69) is 15.4 Å². The summed E-state index contributed by atoms with van der Waals surface area (Å²) in [7, 11) is 0. The van der Waals surface area contributed by atoms with Gasteiger partial charge in [0.15, 0.2) is 6.61 Å². The second-order valence-corrected chi connectivity index (χ2v) is 4.78. The van der Waals surface area contributed by atoms with Gasteiger partial charge in [0, 0.05) is 11.5 Å². The summed E-state index contributed by atoms with van der Waals surface area (Å²) in [6.07, 6.45) is 0. The highest BCUT2D eigenvalue weighted by Gasteiger charge is 2.14. The number of amides is 3. The smallest absolute Gasteiger partial charge is 0.325 e. The Morgan fingerprint density at radius 1 is 1.09 bits per heavy atom. The number of hydrogen-bond donors (Lipinski definition) is 2. The number of hydrogen-bond acceptors (Lipinski definition) is 5. The lowest BCUT2D eigenvalue weighted by Crippen LogP contribution is -2.38. The SMILES string of the molecule is CC(C)C(=O)NC(=O)COC(=O)CNC(=O)c1ccccc1. The third kappa shape index (κ3) is 6.17. The van der Waals surface area contributed by atoms with Crippen LogP contribution in [-0.4, -0.2) is 36.8 Å². The third-order valence-corrected chi connectivity index (χ3v) is 2.58. The highest BCUT2D eigenvalue weighted by atomic mass is 16.5. The summed E-state index contributed by atoms with van der Waals surface area (Å²) in [6, 6.07) is 8.37. The summed E-state index contributed by atoms with van der Waals surface area (Å²) in [5.74, 6) is -2.68. The van der Waals surface area contributed by atoms with Gasteiger partial charge in [-0.3, -0.25) is 24.5 Å². The minimum absolute atomic E-state index is 0.343. The minimum atomic E-state index is -0.767. The maximum atomic E-state index is 11.7. The normalized spacial score (nSPS) is 9.95. The first-order valence-electron chi connectivity index (χ1n) is 6.72. The molecule has 0 fully saturated rings. The number of carbonyl (C=O) groups excluding carboxylic acids is 4. The van der Waals surface area contributed by atoms with Crippen molar-refractivity contribution in [2.75, 3.05) is 13.2 Å². The molecular weight excluding hydrogens is 288 g/mol. The van der Waals surface area contributed by atoms with Gasteiger partial charge in [0.2, 0.25) is 5.91 Å². The topological polar surface area (TPSA) is 102 Å². The molecule has 0 aliphatic rings. The van der Waals surface area contributed by atoms with E-state index in [0.717, 1.165) is 0 Å². The molecule has 0 atom stereocenters. The fourth-order valence-electron chi connectivity index (χ4n) is 1.36. The molecule has 3 amide bonds. The molecule has 0 saturated heterocycles. The summed E-state index contributed by atoms with van der Waals surface area (Å²) in [6.45, 7) is 2.33. The van der Waals surface area contributed by atoms with E-state index in [1.807, 2.05) is 0 Å². The second-order valence-electron chi connectivity index (χ2n) is 4.78. The molecule has 0 aliphatic carbocycles. The molecule has 7 nitrogen and oxygen atoms in total.